The second kappa shape index (κ2) is 7.39. The molecular formula is C16H15BrCl2O2. The molecule has 0 saturated heterocycles. The van der Waals surface area contributed by atoms with Crippen LogP contribution in [-0.4, -0.2) is 7.11 Å². The number of methoxy groups -OCH3 is 1. The summed E-state index contributed by atoms with van der Waals surface area (Å²) < 4.78 is 11.3. The maximum absolute atomic E-state index is 6.23. The van der Waals surface area contributed by atoms with E-state index >= 15 is 0 Å². The minimum absolute atomic E-state index is 0.372. The number of ether oxygens (including phenoxy) is 2. The lowest BCUT2D eigenvalue weighted by Crippen LogP contribution is -2.01. The van der Waals surface area contributed by atoms with Crippen molar-refractivity contribution in [2.45, 2.75) is 18.9 Å². The number of rotatable bonds is 5. The molecule has 0 amide bonds. The van der Waals surface area contributed by atoms with Gasteiger partial charge in [-0.3, -0.25) is 0 Å². The molecule has 0 saturated carbocycles. The first kappa shape index (κ1) is 16.5. The van der Waals surface area contributed by atoms with Gasteiger partial charge in [0.05, 0.1) is 7.11 Å². The number of aryl methyl sites for hydroxylation is 1. The molecule has 0 aromatic heterocycles. The normalized spacial score (nSPS) is 10.5. The largest absolute Gasteiger partial charge is 0.493 e. The van der Waals surface area contributed by atoms with Crippen LogP contribution >= 0.6 is 39.1 Å². The highest BCUT2D eigenvalue weighted by molar-refractivity contribution is 9.08. The number of hydrogen-bond donors (Lipinski definition) is 0. The highest BCUT2D eigenvalue weighted by atomic mass is 79.9. The SMILES string of the molecule is COc1cc(Cl)cc(CBr)c1OCc1ccc(C)cc1Cl. The highest BCUT2D eigenvalue weighted by Crippen LogP contribution is 2.36. The second-order valence-corrected chi connectivity index (χ2v) is 6.02. The van der Waals surface area contributed by atoms with Gasteiger partial charge in [-0.25, -0.2) is 0 Å². The van der Waals surface area contributed by atoms with Crippen molar-refractivity contribution < 1.29 is 9.47 Å². The van der Waals surface area contributed by atoms with E-state index in [1.165, 1.54) is 0 Å². The van der Waals surface area contributed by atoms with Gasteiger partial charge >= 0.3 is 0 Å². The van der Waals surface area contributed by atoms with E-state index in [9.17, 15) is 0 Å². The first-order valence-electron chi connectivity index (χ1n) is 6.35. The molecule has 0 radical (unpaired) electrons. The third-order valence-electron chi connectivity index (χ3n) is 3.04. The summed E-state index contributed by atoms with van der Waals surface area (Å²) in [4.78, 5) is 0. The molecule has 2 aromatic rings. The first-order chi connectivity index (χ1) is 10.0. The van der Waals surface area contributed by atoms with Crippen molar-refractivity contribution in [3.05, 3.63) is 57.1 Å². The molecule has 2 nitrogen and oxygen atoms in total. The van der Waals surface area contributed by atoms with Gasteiger partial charge in [0.1, 0.15) is 6.61 Å². The van der Waals surface area contributed by atoms with Crippen LogP contribution in [-0.2, 0) is 11.9 Å². The molecule has 0 atom stereocenters. The summed E-state index contributed by atoms with van der Waals surface area (Å²) in [5.74, 6) is 1.29. The topological polar surface area (TPSA) is 18.5 Å². The van der Waals surface area contributed by atoms with Gasteiger partial charge in [-0.2, -0.15) is 0 Å². The van der Waals surface area contributed by atoms with E-state index in [-0.39, 0.29) is 0 Å². The van der Waals surface area contributed by atoms with E-state index in [0.29, 0.717) is 33.5 Å². The summed E-state index contributed by atoms with van der Waals surface area (Å²) in [6, 6.07) is 9.48. The Morgan fingerprint density at radius 1 is 1.10 bits per heavy atom. The Labute approximate surface area is 143 Å². The van der Waals surface area contributed by atoms with Crippen LogP contribution in [0.1, 0.15) is 16.7 Å². The Balaban J connectivity index is 2.26. The van der Waals surface area contributed by atoms with Crippen molar-refractivity contribution in [3.8, 4) is 11.5 Å². The Kier molecular flexibility index (Phi) is 5.80. The number of alkyl halides is 1. The zero-order valence-electron chi connectivity index (χ0n) is 11.8. The van der Waals surface area contributed by atoms with Gasteiger partial charge in [-0.1, -0.05) is 51.3 Å². The van der Waals surface area contributed by atoms with E-state index in [0.717, 1.165) is 16.7 Å². The van der Waals surface area contributed by atoms with Crippen molar-refractivity contribution >= 4 is 39.1 Å². The Morgan fingerprint density at radius 2 is 1.86 bits per heavy atom. The summed E-state index contributed by atoms with van der Waals surface area (Å²) in [6.07, 6.45) is 0. The van der Waals surface area contributed by atoms with E-state index in [2.05, 4.69) is 15.9 Å². The van der Waals surface area contributed by atoms with Crippen LogP contribution in [0.2, 0.25) is 10.0 Å². The second-order valence-electron chi connectivity index (χ2n) is 4.61. The number of halogens is 3. The molecule has 0 bridgehead atoms. The Morgan fingerprint density at radius 3 is 2.48 bits per heavy atom. The monoisotopic (exact) mass is 388 g/mol. The van der Waals surface area contributed by atoms with Gasteiger partial charge in [-0.15, -0.1) is 0 Å². The van der Waals surface area contributed by atoms with E-state index < -0.39 is 0 Å². The molecule has 0 spiro atoms. The van der Waals surface area contributed by atoms with Gasteiger partial charge in [0, 0.05) is 32.6 Å². The summed E-state index contributed by atoms with van der Waals surface area (Å²) in [6.45, 7) is 2.37. The maximum atomic E-state index is 6.23. The van der Waals surface area contributed by atoms with Crippen molar-refractivity contribution in [1.82, 2.24) is 0 Å². The molecule has 0 heterocycles. The van der Waals surface area contributed by atoms with Gasteiger partial charge in [0.25, 0.3) is 0 Å². The standard InChI is InChI=1S/C16H15BrCl2O2/c1-10-3-4-11(14(19)5-10)9-21-16-12(8-17)6-13(18)7-15(16)20-2/h3-7H,8-9H2,1-2H3. The van der Waals surface area contributed by atoms with Crippen LogP contribution in [0.4, 0.5) is 0 Å². The molecule has 0 N–H and O–H groups in total. The molecule has 0 aliphatic carbocycles. The van der Waals surface area contributed by atoms with Gasteiger partial charge < -0.3 is 9.47 Å². The Hall–Kier alpha value is -0.900. The van der Waals surface area contributed by atoms with Crippen molar-refractivity contribution in [2.75, 3.05) is 7.11 Å². The van der Waals surface area contributed by atoms with Gasteiger partial charge in [0.15, 0.2) is 11.5 Å². The lowest BCUT2D eigenvalue weighted by atomic mass is 10.1. The third kappa shape index (κ3) is 4.06. The molecule has 21 heavy (non-hydrogen) atoms. The predicted molar refractivity (Wildman–Crippen MR) is 91.2 cm³/mol. The smallest absolute Gasteiger partial charge is 0.165 e. The Bertz CT molecular complexity index is 619. The third-order valence-corrected chi connectivity index (χ3v) is 4.22. The van der Waals surface area contributed by atoms with Crippen LogP contribution in [0.5, 0.6) is 11.5 Å². The average molecular weight is 390 g/mol. The molecule has 0 aliphatic heterocycles. The summed E-state index contributed by atoms with van der Waals surface area (Å²) >= 11 is 15.7. The van der Waals surface area contributed by atoms with Crippen molar-refractivity contribution in [3.63, 3.8) is 0 Å². The molecule has 2 rings (SSSR count). The molecule has 0 aliphatic rings. The highest BCUT2D eigenvalue weighted by Gasteiger charge is 2.13. The zero-order valence-corrected chi connectivity index (χ0v) is 14.8. The number of hydrogen-bond acceptors (Lipinski definition) is 2. The fourth-order valence-electron chi connectivity index (χ4n) is 1.96. The van der Waals surface area contributed by atoms with Crippen LogP contribution < -0.4 is 9.47 Å². The fraction of sp³-hybridized carbons (Fsp3) is 0.250. The predicted octanol–water partition coefficient (Wildman–Crippen LogP) is 5.78. The molecular weight excluding hydrogens is 375 g/mol. The quantitative estimate of drug-likeness (QED) is 0.603. The fourth-order valence-corrected chi connectivity index (χ4v) is 2.89. The first-order valence-corrected chi connectivity index (χ1v) is 8.23. The van der Waals surface area contributed by atoms with E-state index in [4.69, 9.17) is 32.7 Å². The lowest BCUT2D eigenvalue weighted by Gasteiger charge is -2.15. The summed E-state index contributed by atoms with van der Waals surface area (Å²) in [5, 5.41) is 1.94. The van der Waals surface area contributed by atoms with Gasteiger partial charge in [-0.05, 0) is 24.6 Å². The van der Waals surface area contributed by atoms with Crippen LogP contribution in [0.3, 0.4) is 0 Å². The number of benzene rings is 2. The maximum Gasteiger partial charge on any atom is 0.165 e. The summed E-state index contributed by atoms with van der Waals surface area (Å²) in [5.41, 5.74) is 2.98. The van der Waals surface area contributed by atoms with E-state index in [1.54, 1.807) is 13.2 Å². The zero-order chi connectivity index (χ0) is 15.4. The van der Waals surface area contributed by atoms with Gasteiger partial charge in [0.2, 0.25) is 0 Å². The van der Waals surface area contributed by atoms with Crippen molar-refractivity contribution in [1.29, 1.82) is 0 Å². The minimum Gasteiger partial charge on any atom is -0.493 e. The average Bonchev–Trinajstić information content (AvgIpc) is 2.46. The lowest BCUT2D eigenvalue weighted by molar-refractivity contribution is 0.282. The van der Waals surface area contributed by atoms with Crippen LogP contribution in [0, 0.1) is 6.92 Å². The molecule has 2 aromatic carbocycles. The van der Waals surface area contributed by atoms with Crippen molar-refractivity contribution in [2.24, 2.45) is 0 Å². The van der Waals surface area contributed by atoms with Crippen LogP contribution in [0.25, 0.3) is 0 Å². The molecule has 112 valence electrons. The van der Waals surface area contributed by atoms with E-state index in [1.807, 2.05) is 31.2 Å². The van der Waals surface area contributed by atoms with Crippen LogP contribution in [0.15, 0.2) is 30.3 Å². The molecule has 0 fully saturated rings. The summed E-state index contributed by atoms with van der Waals surface area (Å²) in [7, 11) is 1.59. The minimum atomic E-state index is 0.372. The molecule has 5 heteroatoms. The molecule has 0 unspecified atom stereocenters.